The molecule has 2 aliphatic rings. The number of alkyl halides is 2. The van der Waals surface area contributed by atoms with E-state index in [-0.39, 0.29) is 24.5 Å². The summed E-state index contributed by atoms with van der Waals surface area (Å²) in [5.74, 6) is -2.13. The molecule has 2 aliphatic carbocycles. The molecule has 2 fully saturated rings. The van der Waals surface area contributed by atoms with Gasteiger partial charge in [0, 0.05) is 24.3 Å². The molecule has 0 aromatic heterocycles. The molecule has 0 saturated heterocycles. The van der Waals surface area contributed by atoms with Crippen molar-refractivity contribution in [2.45, 2.75) is 56.8 Å². The first kappa shape index (κ1) is 13.7. The third-order valence-corrected chi connectivity index (χ3v) is 4.84. The molecule has 0 unspecified atom stereocenters. The third kappa shape index (κ3) is 2.77. The van der Waals surface area contributed by atoms with Crippen LogP contribution in [0.4, 0.5) is 8.78 Å². The predicted molar refractivity (Wildman–Crippen MR) is 74.3 cm³/mol. The van der Waals surface area contributed by atoms with Gasteiger partial charge in [0.2, 0.25) is 5.92 Å². The summed E-state index contributed by atoms with van der Waals surface area (Å²) in [6, 6.07) is 7.82. The van der Waals surface area contributed by atoms with Gasteiger partial charge in [-0.15, -0.1) is 0 Å². The van der Waals surface area contributed by atoms with Crippen LogP contribution in [0.3, 0.4) is 0 Å². The number of Topliss-reactive ketones (excluding diaryl/α,β-unsaturated/α-hetero) is 1. The van der Waals surface area contributed by atoms with Crippen LogP contribution in [0, 0.1) is 5.92 Å². The first-order valence-electron chi connectivity index (χ1n) is 7.57. The zero-order valence-electron chi connectivity index (χ0n) is 11.6. The van der Waals surface area contributed by atoms with Crippen molar-refractivity contribution < 1.29 is 13.6 Å². The van der Waals surface area contributed by atoms with Crippen molar-refractivity contribution in [1.82, 2.24) is 0 Å². The number of carbonyl (C=O) groups excluding carboxylic acids is 1. The van der Waals surface area contributed by atoms with Crippen molar-refractivity contribution in [2.75, 3.05) is 0 Å². The van der Waals surface area contributed by atoms with Gasteiger partial charge in [0.1, 0.15) is 0 Å². The second-order valence-electron chi connectivity index (χ2n) is 6.25. The number of ketones is 1. The minimum absolute atomic E-state index is 0.0571. The van der Waals surface area contributed by atoms with Crippen LogP contribution in [-0.2, 0) is 0 Å². The highest BCUT2D eigenvalue weighted by atomic mass is 19.3. The molecule has 1 aromatic carbocycles. The Morgan fingerprint density at radius 1 is 1.10 bits per heavy atom. The normalized spacial score (nSPS) is 23.3. The van der Waals surface area contributed by atoms with Gasteiger partial charge in [-0.1, -0.05) is 24.6 Å². The van der Waals surface area contributed by atoms with E-state index in [4.69, 9.17) is 0 Å². The van der Waals surface area contributed by atoms with Crippen LogP contribution in [0.5, 0.6) is 0 Å². The molecule has 1 nitrogen and oxygen atoms in total. The Labute approximate surface area is 118 Å². The lowest BCUT2D eigenvalue weighted by atomic mass is 9.78. The van der Waals surface area contributed by atoms with Crippen LogP contribution < -0.4 is 0 Å². The fourth-order valence-electron chi connectivity index (χ4n) is 3.23. The van der Waals surface area contributed by atoms with Gasteiger partial charge in [-0.3, -0.25) is 4.79 Å². The summed E-state index contributed by atoms with van der Waals surface area (Å²) in [6.07, 6.45) is 4.01. The average Bonchev–Trinajstić information content (AvgIpc) is 2.36. The Kier molecular flexibility index (Phi) is 3.61. The topological polar surface area (TPSA) is 17.1 Å². The average molecular weight is 278 g/mol. The molecule has 2 saturated carbocycles. The van der Waals surface area contributed by atoms with Crippen LogP contribution in [0.1, 0.15) is 66.8 Å². The van der Waals surface area contributed by atoms with E-state index in [1.165, 1.54) is 24.8 Å². The molecule has 108 valence electrons. The largest absolute Gasteiger partial charge is 0.294 e. The van der Waals surface area contributed by atoms with E-state index >= 15 is 0 Å². The molecule has 0 atom stereocenters. The molecule has 0 amide bonds. The molecular weight excluding hydrogens is 258 g/mol. The monoisotopic (exact) mass is 278 g/mol. The molecule has 0 aliphatic heterocycles. The molecule has 3 heteroatoms. The number of benzene rings is 1. The van der Waals surface area contributed by atoms with E-state index < -0.39 is 5.92 Å². The molecule has 0 heterocycles. The fraction of sp³-hybridized carbons (Fsp3) is 0.588. The van der Waals surface area contributed by atoms with Gasteiger partial charge in [-0.05, 0) is 43.2 Å². The lowest BCUT2D eigenvalue weighted by molar-refractivity contribution is -0.0424. The lowest BCUT2D eigenvalue weighted by Crippen LogP contribution is -2.28. The zero-order valence-corrected chi connectivity index (χ0v) is 11.6. The van der Waals surface area contributed by atoms with Crippen LogP contribution in [0.2, 0.25) is 0 Å². The van der Waals surface area contributed by atoms with Gasteiger partial charge in [-0.2, -0.15) is 0 Å². The summed E-state index contributed by atoms with van der Waals surface area (Å²) in [6.45, 7) is 0. The molecule has 0 N–H and O–H groups in total. The SMILES string of the molecule is O=C(c1cccc(C2CCC2)c1)C1CCC(F)(F)CC1. The van der Waals surface area contributed by atoms with Gasteiger partial charge in [0.25, 0.3) is 0 Å². The highest BCUT2D eigenvalue weighted by Crippen LogP contribution is 2.39. The van der Waals surface area contributed by atoms with E-state index in [9.17, 15) is 13.6 Å². The summed E-state index contributed by atoms with van der Waals surface area (Å²) in [5, 5.41) is 0. The fourth-order valence-corrected chi connectivity index (χ4v) is 3.23. The zero-order chi connectivity index (χ0) is 14.2. The van der Waals surface area contributed by atoms with E-state index in [0.29, 0.717) is 24.3 Å². The second-order valence-corrected chi connectivity index (χ2v) is 6.25. The summed E-state index contributed by atoms with van der Waals surface area (Å²) in [7, 11) is 0. The number of carbonyl (C=O) groups is 1. The van der Waals surface area contributed by atoms with Crippen LogP contribution in [-0.4, -0.2) is 11.7 Å². The summed E-state index contributed by atoms with van der Waals surface area (Å²) < 4.78 is 26.3. The third-order valence-electron chi connectivity index (χ3n) is 4.84. The molecule has 0 spiro atoms. The number of hydrogen-bond donors (Lipinski definition) is 0. The number of hydrogen-bond acceptors (Lipinski definition) is 1. The minimum Gasteiger partial charge on any atom is -0.294 e. The van der Waals surface area contributed by atoms with Crippen molar-refractivity contribution in [1.29, 1.82) is 0 Å². The van der Waals surface area contributed by atoms with Crippen molar-refractivity contribution in [3.63, 3.8) is 0 Å². The van der Waals surface area contributed by atoms with Crippen LogP contribution in [0.25, 0.3) is 0 Å². The Morgan fingerprint density at radius 3 is 2.40 bits per heavy atom. The van der Waals surface area contributed by atoms with E-state index in [1.54, 1.807) is 0 Å². The maximum absolute atomic E-state index is 13.2. The summed E-state index contributed by atoms with van der Waals surface area (Å²) in [5.41, 5.74) is 1.95. The van der Waals surface area contributed by atoms with Gasteiger partial charge in [0.05, 0.1) is 0 Å². The highest BCUT2D eigenvalue weighted by Gasteiger charge is 2.37. The second kappa shape index (κ2) is 5.27. The van der Waals surface area contributed by atoms with Crippen molar-refractivity contribution in [3.05, 3.63) is 35.4 Å². The number of halogens is 2. The standard InChI is InChI=1S/C17H20F2O/c18-17(19)9-7-13(8-10-17)16(20)15-6-2-5-14(11-15)12-3-1-4-12/h2,5-6,11-13H,1,3-4,7-10H2. The van der Waals surface area contributed by atoms with E-state index in [0.717, 1.165) is 0 Å². The van der Waals surface area contributed by atoms with Gasteiger partial charge < -0.3 is 0 Å². The molecule has 20 heavy (non-hydrogen) atoms. The summed E-state index contributed by atoms with van der Waals surface area (Å²) in [4.78, 5) is 12.4. The first-order valence-corrected chi connectivity index (χ1v) is 7.57. The van der Waals surface area contributed by atoms with E-state index in [2.05, 4.69) is 6.07 Å². The van der Waals surface area contributed by atoms with Crippen LogP contribution >= 0.6 is 0 Å². The summed E-state index contributed by atoms with van der Waals surface area (Å²) >= 11 is 0. The van der Waals surface area contributed by atoms with E-state index in [1.807, 2.05) is 18.2 Å². The van der Waals surface area contributed by atoms with Gasteiger partial charge in [-0.25, -0.2) is 8.78 Å². The van der Waals surface area contributed by atoms with Crippen molar-refractivity contribution in [2.24, 2.45) is 5.92 Å². The minimum atomic E-state index is -2.56. The molecule has 3 rings (SSSR count). The molecule has 0 radical (unpaired) electrons. The van der Waals surface area contributed by atoms with Gasteiger partial charge >= 0.3 is 0 Å². The highest BCUT2D eigenvalue weighted by molar-refractivity contribution is 5.98. The molecule has 1 aromatic rings. The van der Waals surface area contributed by atoms with Gasteiger partial charge in [0.15, 0.2) is 5.78 Å². The maximum Gasteiger partial charge on any atom is 0.248 e. The Bertz CT molecular complexity index is 495. The van der Waals surface area contributed by atoms with Crippen LogP contribution in [0.15, 0.2) is 24.3 Å². The van der Waals surface area contributed by atoms with Crippen molar-refractivity contribution >= 4 is 5.78 Å². The quantitative estimate of drug-likeness (QED) is 0.714. The Morgan fingerprint density at radius 2 is 1.80 bits per heavy atom. The number of rotatable bonds is 3. The predicted octanol–water partition coefficient (Wildman–Crippen LogP) is 4.96. The Hall–Kier alpha value is -1.25. The van der Waals surface area contributed by atoms with Crippen molar-refractivity contribution in [3.8, 4) is 0 Å². The smallest absolute Gasteiger partial charge is 0.248 e. The maximum atomic E-state index is 13.2. The lowest BCUT2D eigenvalue weighted by Gasteiger charge is -2.28. The molecule has 0 bridgehead atoms. The Balaban J connectivity index is 1.71. The first-order chi connectivity index (χ1) is 9.55. The molecular formula is C17H20F2O.